The highest BCUT2D eigenvalue weighted by Gasteiger charge is 2.19. The second-order valence-corrected chi connectivity index (χ2v) is 3.83. The SMILES string of the molecule is COc1ccc(C(O)C(Cl)Cl)c(F)c1. The Kier molecular flexibility index (Phi) is 3.98. The van der Waals surface area contributed by atoms with Crippen LogP contribution in [0.4, 0.5) is 4.39 Å². The summed E-state index contributed by atoms with van der Waals surface area (Å²) in [7, 11) is 1.43. The molecule has 1 atom stereocenters. The van der Waals surface area contributed by atoms with E-state index in [1.54, 1.807) is 0 Å². The summed E-state index contributed by atoms with van der Waals surface area (Å²) >= 11 is 10.9. The van der Waals surface area contributed by atoms with Gasteiger partial charge in [-0.2, -0.15) is 0 Å². The van der Waals surface area contributed by atoms with Crippen LogP contribution in [-0.4, -0.2) is 17.1 Å². The number of alkyl halides is 2. The molecule has 78 valence electrons. The van der Waals surface area contributed by atoms with Crippen molar-refractivity contribution in [1.82, 2.24) is 0 Å². The molecule has 0 aliphatic heterocycles. The number of hydrogen-bond donors (Lipinski definition) is 1. The highest BCUT2D eigenvalue weighted by atomic mass is 35.5. The monoisotopic (exact) mass is 238 g/mol. The maximum absolute atomic E-state index is 13.3. The molecule has 0 saturated carbocycles. The third kappa shape index (κ3) is 2.50. The standard InChI is InChI=1S/C9H9Cl2FO2/c1-14-5-2-3-6(7(12)4-5)8(13)9(10)11/h2-4,8-9,13H,1H3. The quantitative estimate of drug-likeness (QED) is 0.821. The van der Waals surface area contributed by atoms with E-state index in [0.29, 0.717) is 5.75 Å². The summed E-state index contributed by atoms with van der Waals surface area (Å²) in [6, 6.07) is 4.07. The van der Waals surface area contributed by atoms with Gasteiger partial charge in [0.25, 0.3) is 0 Å². The van der Waals surface area contributed by atoms with E-state index in [9.17, 15) is 9.50 Å². The fourth-order valence-corrected chi connectivity index (χ4v) is 1.28. The Morgan fingerprint density at radius 1 is 1.43 bits per heavy atom. The van der Waals surface area contributed by atoms with Gasteiger partial charge in [0.05, 0.1) is 7.11 Å². The summed E-state index contributed by atoms with van der Waals surface area (Å²) < 4.78 is 18.1. The molecule has 1 rings (SSSR count). The summed E-state index contributed by atoms with van der Waals surface area (Å²) in [4.78, 5) is -1.06. The van der Waals surface area contributed by atoms with Crippen molar-refractivity contribution in [2.24, 2.45) is 0 Å². The van der Waals surface area contributed by atoms with Crippen molar-refractivity contribution in [2.75, 3.05) is 7.11 Å². The van der Waals surface area contributed by atoms with Crippen LogP contribution in [0.1, 0.15) is 11.7 Å². The average molecular weight is 239 g/mol. The molecule has 2 nitrogen and oxygen atoms in total. The minimum Gasteiger partial charge on any atom is -0.497 e. The zero-order valence-corrected chi connectivity index (χ0v) is 8.89. The van der Waals surface area contributed by atoms with Crippen LogP contribution in [0.5, 0.6) is 5.75 Å². The topological polar surface area (TPSA) is 29.5 Å². The van der Waals surface area contributed by atoms with E-state index in [2.05, 4.69) is 0 Å². The molecule has 0 bridgehead atoms. The number of ether oxygens (including phenoxy) is 1. The van der Waals surface area contributed by atoms with Crippen LogP contribution < -0.4 is 4.74 Å². The van der Waals surface area contributed by atoms with E-state index in [4.69, 9.17) is 27.9 Å². The molecule has 0 fully saturated rings. The number of halogens is 3. The predicted molar refractivity (Wildman–Crippen MR) is 53.4 cm³/mol. The second-order valence-electron chi connectivity index (χ2n) is 2.67. The lowest BCUT2D eigenvalue weighted by Gasteiger charge is -2.13. The molecule has 1 N–H and O–H groups in total. The van der Waals surface area contributed by atoms with Crippen LogP contribution in [0, 0.1) is 5.82 Å². The van der Waals surface area contributed by atoms with Crippen molar-refractivity contribution in [3.8, 4) is 5.75 Å². The van der Waals surface area contributed by atoms with Gasteiger partial charge in [-0.3, -0.25) is 0 Å². The normalized spacial score (nSPS) is 13.0. The van der Waals surface area contributed by atoms with Crippen molar-refractivity contribution < 1.29 is 14.2 Å². The molecular weight excluding hydrogens is 230 g/mol. The van der Waals surface area contributed by atoms with Crippen molar-refractivity contribution in [1.29, 1.82) is 0 Å². The van der Waals surface area contributed by atoms with Gasteiger partial charge in [-0.05, 0) is 12.1 Å². The fourth-order valence-electron chi connectivity index (χ4n) is 1.01. The molecule has 0 aromatic heterocycles. The molecule has 0 aliphatic carbocycles. The first-order chi connectivity index (χ1) is 6.56. The molecule has 0 amide bonds. The fraction of sp³-hybridized carbons (Fsp3) is 0.333. The van der Waals surface area contributed by atoms with E-state index in [0.717, 1.165) is 6.07 Å². The largest absolute Gasteiger partial charge is 0.497 e. The van der Waals surface area contributed by atoms with Gasteiger partial charge in [-0.15, -0.1) is 23.2 Å². The van der Waals surface area contributed by atoms with E-state index < -0.39 is 16.8 Å². The molecule has 14 heavy (non-hydrogen) atoms. The first-order valence-electron chi connectivity index (χ1n) is 3.86. The number of benzene rings is 1. The number of rotatable bonds is 3. The van der Waals surface area contributed by atoms with Crippen LogP contribution in [-0.2, 0) is 0 Å². The molecule has 1 aromatic rings. The lowest BCUT2D eigenvalue weighted by molar-refractivity contribution is 0.187. The Bertz CT molecular complexity index is 318. The van der Waals surface area contributed by atoms with Gasteiger partial charge in [0.2, 0.25) is 0 Å². The summed E-state index contributed by atoms with van der Waals surface area (Å²) in [6.07, 6.45) is -1.23. The van der Waals surface area contributed by atoms with Gasteiger partial charge in [-0.1, -0.05) is 0 Å². The highest BCUT2D eigenvalue weighted by Crippen LogP contribution is 2.27. The summed E-state index contributed by atoms with van der Waals surface area (Å²) in [6.45, 7) is 0. The smallest absolute Gasteiger partial charge is 0.137 e. The van der Waals surface area contributed by atoms with Crippen molar-refractivity contribution in [2.45, 2.75) is 10.9 Å². The molecule has 0 spiro atoms. The average Bonchev–Trinajstić information content (AvgIpc) is 2.16. The number of aliphatic hydroxyl groups is 1. The Labute approximate surface area is 91.2 Å². The number of hydrogen-bond acceptors (Lipinski definition) is 2. The summed E-state index contributed by atoms with van der Waals surface area (Å²) in [5, 5.41) is 9.40. The van der Waals surface area contributed by atoms with Crippen LogP contribution in [0.3, 0.4) is 0 Å². The van der Waals surface area contributed by atoms with E-state index in [1.807, 2.05) is 0 Å². The highest BCUT2D eigenvalue weighted by molar-refractivity contribution is 6.44. The Balaban J connectivity index is 2.99. The lowest BCUT2D eigenvalue weighted by atomic mass is 10.1. The van der Waals surface area contributed by atoms with E-state index in [1.165, 1.54) is 19.2 Å². The van der Waals surface area contributed by atoms with E-state index in [-0.39, 0.29) is 5.56 Å². The third-order valence-electron chi connectivity index (χ3n) is 1.76. The maximum atomic E-state index is 13.3. The molecule has 5 heteroatoms. The second kappa shape index (κ2) is 4.82. The van der Waals surface area contributed by atoms with Gasteiger partial charge < -0.3 is 9.84 Å². The minimum absolute atomic E-state index is 0.0563. The van der Waals surface area contributed by atoms with Gasteiger partial charge in [0.1, 0.15) is 22.5 Å². The molecule has 0 saturated heterocycles. The van der Waals surface area contributed by atoms with Crippen molar-refractivity contribution in [3.63, 3.8) is 0 Å². The van der Waals surface area contributed by atoms with Crippen molar-refractivity contribution in [3.05, 3.63) is 29.6 Å². The Morgan fingerprint density at radius 2 is 2.07 bits per heavy atom. The van der Waals surface area contributed by atoms with Crippen LogP contribution in [0.15, 0.2) is 18.2 Å². The molecule has 0 radical (unpaired) electrons. The molecule has 0 heterocycles. The molecule has 0 aliphatic rings. The zero-order valence-electron chi connectivity index (χ0n) is 7.38. The van der Waals surface area contributed by atoms with Crippen molar-refractivity contribution >= 4 is 23.2 Å². The van der Waals surface area contributed by atoms with Crippen LogP contribution in [0.25, 0.3) is 0 Å². The first-order valence-corrected chi connectivity index (χ1v) is 4.73. The molecule has 1 unspecified atom stereocenters. The third-order valence-corrected chi connectivity index (χ3v) is 2.24. The summed E-state index contributed by atoms with van der Waals surface area (Å²) in [5.74, 6) is -0.220. The van der Waals surface area contributed by atoms with Gasteiger partial charge >= 0.3 is 0 Å². The maximum Gasteiger partial charge on any atom is 0.137 e. The molecule has 1 aromatic carbocycles. The minimum atomic E-state index is -1.23. The molecular formula is C9H9Cl2FO2. The number of aliphatic hydroxyl groups excluding tert-OH is 1. The summed E-state index contributed by atoms with van der Waals surface area (Å²) in [5.41, 5.74) is 0.0563. The Hall–Kier alpha value is -0.510. The van der Waals surface area contributed by atoms with Gasteiger partial charge in [0.15, 0.2) is 0 Å². The lowest BCUT2D eigenvalue weighted by Crippen LogP contribution is -2.08. The van der Waals surface area contributed by atoms with Gasteiger partial charge in [-0.25, -0.2) is 4.39 Å². The van der Waals surface area contributed by atoms with E-state index >= 15 is 0 Å². The van der Waals surface area contributed by atoms with Gasteiger partial charge in [0, 0.05) is 11.6 Å². The number of methoxy groups -OCH3 is 1. The van der Waals surface area contributed by atoms with Crippen LogP contribution in [0.2, 0.25) is 0 Å². The Morgan fingerprint density at radius 3 is 2.50 bits per heavy atom. The van der Waals surface area contributed by atoms with Crippen LogP contribution >= 0.6 is 23.2 Å². The predicted octanol–water partition coefficient (Wildman–Crippen LogP) is 2.67. The first kappa shape index (κ1) is 11.6. The zero-order chi connectivity index (χ0) is 10.7.